The molecular weight excluding hydrogens is 254 g/mol. The Kier molecular flexibility index (Phi) is 2.47. The molecule has 0 saturated heterocycles. The molecule has 4 rings (SSSR count). The van der Waals surface area contributed by atoms with Gasteiger partial charge in [0.1, 0.15) is 0 Å². The number of furan rings is 1. The summed E-state index contributed by atoms with van der Waals surface area (Å²) in [6, 6.07) is 8.10. The summed E-state index contributed by atoms with van der Waals surface area (Å²) in [4.78, 5) is 4.42. The molecule has 1 aliphatic rings. The second kappa shape index (κ2) is 4.31. The molecule has 3 aromatic rings. The molecule has 100 valence electrons. The van der Waals surface area contributed by atoms with Crippen LogP contribution in [0, 0.1) is 6.92 Å². The number of nitrogens with one attached hydrogen (secondary N) is 1. The molecule has 1 aromatic carbocycles. The van der Waals surface area contributed by atoms with Crippen molar-refractivity contribution in [2.75, 3.05) is 0 Å². The molecule has 0 bridgehead atoms. The fourth-order valence-corrected chi connectivity index (χ4v) is 2.46. The van der Waals surface area contributed by atoms with Crippen LogP contribution >= 0.6 is 0 Å². The summed E-state index contributed by atoms with van der Waals surface area (Å²) in [7, 11) is 0. The van der Waals surface area contributed by atoms with Crippen molar-refractivity contribution < 1.29 is 8.94 Å². The van der Waals surface area contributed by atoms with Crippen LogP contribution in [0.4, 0.5) is 0 Å². The van der Waals surface area contributed by atoms with Crippen LogP contribution in [0.3, 0.4) is 0 Å². The summed E-state index contributed by atoms with van der Waals surface area (Å²) in [6.45, 7) is 3.77. The second-order valence-electron chi connectivity index (χ2n) is 4.94. The third-order valence-corrected chi connectivity index (χ3v) is 3.58. The van der Waals surface area contributed by atoms with Crippen molar-refractivity contribution in [3.05, 3.63) is 47.2 Å². The van der Waals surface area contributed by atoms with Crippen molar-refractivity contribution in [3.63, 3.8) is 0 Å². The minimum absolute atomic E-state index is 0.487. The van der Waals surface area contributed by atoms with Gasteiger partial charge < -0.3 is 14.3 Å². The third-order valence-electron chi connectivity index (χ3n) is 3.58. The fraction of sp³-hybridized carbons (Fsp3) is 0.200. The number of fused-ring (bicyclic) bond motifs is 1. The van der Waals surface area contributed by atoms with Crippen molar-refractivity contribution in [2.45, 2.75) is 20.0 Å². The van der Waals surface area contributed by atoms with Gasteiger partial charge in [-0.3, -0.25) is 0 Å². The zero-order chi connectivity index (χ0) is 13.5. The van der Waals surface area contributed by atoms with Crippen LogP contribution in [0.1, 0.15) is 16.7 Å². The highest BCUT2D eigenvalue weighted by molar-refractivity contribution is 5.60. The normalized spacial score (nSPS) is 13.7. The number of benzene rings is 1. The molecule has 0 aliphatic carbocycles. The Labute approximate surface area is 115 Å². The molecule has 0 unspecified atom stereocenters. The van der Waals surface area contributed by atoms with E-state index in [4.69, 9.17) is 8.94 Å². The molecule has 1 N–H and O–H groups in total. The summed E-state index contributed by atoms with van der Waals surface area (Å²) >= 11 is 0. The average molecular weight is 267 g/mol. The first-order chi connectivity index (χ1) is 9.81. The second-order valence-corrected chi connectivity index (χ2v) is 4.94. The van der Waals surface area contributed by atoms with Crippen LogP contribution in [0.5, 0.6) is 0 Å². The van der Waals surface area contributed by atoms with Gasteiger partial charge in [0.2, 0.25) is 5.82 Å². The highest BCUT2D eigenvalue weighted by Gasteiger charge is 2.17. The molecule has 1 aliphatic heterocycles. The van der Waals surface area contributed by atoms with Crippen LogP contribution in [0.2, 0.25) is 0 Å². The lowest BCUT2D eigenvalue weighted by Crippen LogP contribution is -1.99. The number of aromatic nitrogens is 2. The standard InChI is InChI=1S/C15H13N3O2/c1-9-4-5-19-13(9)14-17-15(20-18-14)10-2-3-11-7-16-8-12(11)6-10/h2-6,16H,7-8H2,1H3. The highest BCUT2D eigenvalue weighted by Crippen LogP contribution is 2.27. The molecule has 2 aromatic heterocycles. The predicted octanol–water partition coefficient (Wildman–Crippen LogP) is 2.91. The van der Waals surface area contributed by atoms with Crippen molar-refractivity contribution >= 4 is 0 Å². The molecule has 3 heterocycles. The fourth-order valence-electron chi connectivity index (χ4n) is 2.46. The van der Waals surface area contributed by atoms with E-state index in [0.717, 1.165) is 24.2 Å². The van der Waals surface area contributed by atoms with E-state index in [-0.39, 0.29) is 0 Å². The Bertz CT molecular complexity index is 773. The average Bonchev–Trinajstić information content (AvgIpc) is 3.17. The van der Waals surface area contributed by atoms with Crippen LogP contribution in [0.25, 0.3) is 23.0 Å². The van der Waals surface area contributed by atoms with Gasteiger partial charge in [-0.25, -0.2) is 0 Å². The van der Waals surface area contributed by atoms with Gasteiger partial charge in [-0.15, -0.1) is 0 Å². The molecule has 0 saturated carbocycles. The van der Waals surface area contributed by atoms with Crippen molar-refractivity contribution in [2.24, 2.45) is 0 Å². The lowest BCUT2D eigenvalue weighted by molar-refractivity contribution is 0.429. The topological polar surface area (TPSA) is 64.1 Å². The number of rotatable bonds is 2. The Hall–Kier alpha value is -2.40. The van der Waals surface area contributed by atoms with E-state index in [1.807, 2.05) is 19.1 Å². The number of nitrogens with zero attached hydrogens (tertiary/aromatic N) is 2. The van der Waals surface area contributed by atoms with E-state index in [1.165, 1.54) is 11.1 Å². The summed E-state index contributed by atoms with van der Waals surface area (Å²) in [6.07, 6.45) is 1.63. The quantitative estimate of drug-likeness (QED) is 0.773. The molecule has 0 atom stereocenters. The monoisotopic (exact) mass is 267 g/mol. The van der Waals surface area contributed by atoms with E-state index in [9.17, 15) is 0 Å². The van der Waals surface area contributed by atoms with E-state index in [1.54, 1.807) is 6.26 Å². The largest absolute Gasteiger partial charge is 0.461 e. The molecule has 5 heteroatoms. The lowest BCUT2D eigenvalue weighted by atomic mass is 10.1. The molecule has 0 radical (unpaired) electrons. The molecular formula is C15H13N3O2. The van der Waals surface area contributed by atoms with Gasteiger partial charge >= 0.3 is 0 Å². The minimum Gasteiger partial charge on any atom is -0.461 e. The molecule has 0 fully saturated rings. The summed E-state index contributed by atoms with van der Waals surface area (Å²) in [5, 5.41) is 7.31. The van der Waals surface area contributed by atoms with Gasteiger partial charge in [-0.05, 0) is 41.8 Å². The van der Waals surface area contributed by atoms with Gasteiger partial charge in [-0.1, -0.05) is 11.2 Å². The van der Waals surface area contributed by atoms with E-state index in [0.29, 0.717) is 17.5 Å². The van der Waals surface area contributed by atoms with Crippen LogP contribution in [-0.4, -0.2) is 10.1 Å². The number of hydrogen-bond donors (Lipinski definition) is 1. The maximum Gasteiger partial charge on any atom is 0.258 e. The first-order valence-electron chi connectivity index (χ1n) is 6.52. The zero-order valence-corrected chi connectivity index (χ0v) is 11.0. The van der Waals surface area contributed by atoms with E-state index < -0.39 is 0 Å². The molecule has 0 spiro atoms. The smallest absolute Gasteiger partial charge is 0.258 e. The Morgan fingerprint density at radius 1 is 1.15 bits per heavy atom. The Balaban J connectivity index is 1.73. The van der Waals surface area contributed by atoms with E-state index in [2.05, 4.69) is 27.6 Å². The molecule has 20 heavy (non-hydrogen) atoms. The minimum atomic E-state index is 0.487. The van der Waals surface area contributed by atoms with Gasteiger partial charge in [-0.2, -0.15) is 4.98 Å². The number of aryl methyl sites for hydroxylation is 1. The van der Waals surface area contributed by atoms with Crippen molar-refractivity contribution in [3.8, 4) is 23.0 Å². The van der Waals surface area contributed by atoms with Gasteiger partial charge in [0.15, 0.2) is 5.76 Å². The first kappa shape index (κ1) is 11.4. The van der Waals surface area contributed by atoms with E-state index >= 15 is 0 Å². The van der Waals surface area contributed by atoms with Crippen LogP contribution in [0.15, 0.2) is 39.5 Å². The Morgan fingerprint density at radius 3 is 2.90 bits per heavy atom. The highest BCUT2D eigenvalue weighted by atomic mass is 16.5. The summed E-state index contributed by atoms with van der Waals surface area (Å²) in [5.74, 6) is 1.66. The summed E-state index contributed by atoms with van der Waals surface area (Å²) < 4.78 is 10.7. The predicted molar refractivity (Wildman–Crippen MR) is 72.7 cm³/mol. The maximum absolute atomic E-state index is 5.38. The van der Waals surface area contributed by atoms with Crippen LogP contribution < -0.4 is 5.32 Å². The zero-order valence-electron chi connectivity index (χ0n) is 11.0. The SMILES string of the molecule is Cc1ccoc1-c1noc(-c2ccc3c(c2)CNC3)n1. The van der Waals surface area contributed by atoms with Gasteiger partial charge in [0, 0.05) is 18.7 Å². The molecule has 5 nitrogen and oxygen atoms in total. The lowest BCUT2D eigenvalue weighted by Gasteiger charge is -1.99. The molecule has 0 amide bonds. The van der Waals surface area contributed by atoms with Crippen LogP contribution in [-0.2, 0) is 13.1 Å². The number of hydrogen-bond acceptors (Lipinski definition) is 5. The first-order valence-corrected chi connectivity index (χ1v) is 6.52. The Morgan fingerprint density at radius 2 is 2.05 bits per heavy atom. The van der Waals surface area contributed by atoms with Gasteiger partial charge in [0.25, 0.3) is 5.89 Å². The van der Waals surface area contributed by atoms with Crippen molar-refractivity contribution in [1.29, 1.82) is 0 Å². The maximum atomic E-state index is 5.38. The van der Waals surface area contributed by atoms with Crippen molar-refractivity contribution in [1.82, 2.24) is 15.5 Å². The summed E-state index contributed by atoms with van der Waals surface area (Å²) in [5.41, 5.74) is 4.55. The van der Waals surface area contributed by atoms with Gasteiger partial charge in [0.05, 0.1) is 6.26 Å². The third kappa shape index (κ3) is 1.75.